The zero-order chi connectivity index (χ0) is 25.5. The summed E-state index contributed by atoms with van der Waals surface area (Å²) in [5.74, 6) is 0. The van der Waals surface area contributed by atoms with Crippen molar-refractivity contribution >= 4 is 27.0 Å². The van der Waals surface area contributed by atoms with Crippen LogP contribution in [-0.4, -0.2) is 63.2 Å². The Kier molecular flexibility index (Phi) is 8.89. The van der Waals surface area contributed by atoms with Crippen LogP contribution in [0.15, 0.2) is 69.9 Å². The highest BCUT2D eigenvalue weighted by Crippen LogP contribution is 2.25. The van der Waals surface area contributed by atoms with Crippen molar-refractivity contribution in [2.24, 2.45) is 4.99 Å². The molecule has 3 heterocycles. The second kappa shape index (κ2) is 12.5. The number of para-hydroxylation sites is 1. The molecule has 0 aliphatic carbocycles. The number of hydrogen-bond donors (Lipinski definition) is 1. The molecular formula is C28H37N4O3S2+. The number of aromatic nitrogens is 1. The number of thiazole rings is 1. The molecule has 0 spiro atoms. The first-order chi connectivity index (χ1) is 18.1. The molecule has 2 aliphatic rings. The second-order valence-corrected chi connectivity index (χ2v) is 12.6. The number of rotatable bonds is 8. The lowest BCUT2D eigenvalue weighted by atomic mass is 10.2. The number of sulfonamides is 1. The maximum Gasteiger partial charge on any atom is 0.243 e. The lowest BCUT2D eigenvalue weighted by Crippen LogP contribution is -3.14. The number of benzene rings is 2. The Hall–Kier alpha value is -2.30. The van der Waals surface area contributed by atoms with Crippen molar-refractivity contribution in [2.45, 2.75) is 43.5 Å². The van der Waals surface area contributed by atoms with Gasteiger partial charge in [-0.1, -0.05) is 43.2 Å². The topological polar surface area (TPSA) is 68.3 Å². The quantitative estimate of drug-likeness (QED) is 0.476. The highest BCUT2D eigenvalue weighted by Gasteiger charge is 2.25. The Morgan fingerprint density at radius 2 is 1.62 bits per heavy atom. The first-order valence-electron chi connectivity index (χ1n) is 13.4. The third-order valence-electron chi connectivity index (χ3n) is 7.24. The second-order valence-electron chi connectivity index (χ2n) is 9.81. The van der Waals surface area contributed by atoms with Gasteiger partial charge in [-0.2, -0.15) is 4.31 Å². The average Bonchev–Trinajstić information content (AvgIpc) is 3.12. The van der Waals surface area contributed by atoms with Crippen molar-refractivity contribution in [1.29, 1.82) is 0 Å². The van der Waals surface area contributed by atoms with Crippen LogP contribution in [0.1, 0.15) is 32.1 Å². The van der Waals surface area contributed by atoms with Gasteiger partial charge in [0.1, 0.15) is 13.1 Å². The maximum absolute atomic E-state index is 13.3. The van der Waals surface area contributed by atoms with Crippen molar-refractivity contribution in [3.63, 3.8) is 0 Å². The summed E-state index contributed by atoms with van der Waals surface area (Å²) in [4.78, 5) is 7.86. The molecule has 1 aromatic heterocycles. The molecule has 0 radical (unpaired) electrons. The van der Waals surface area contributed by atoms with Gasteiger partial charge in [-0.15, -0.1) is 11.3 Å². The lowest BCUT2D eigenvalue weighted by Gasteiger charge is -2.23. The normalized spacial score (nSPS) is 18.6. The van der Waals surface area contributed by atoms with E-state index in [0.717, 1.165) is 93.2 Å². The van der Waals surface area contributed by atoms with E-state index >= 15 is 0 Å². The van der Waals surface area contributed by atoms with E-state index in [-0.39, 0.29) is 0 Å². The third-order valence-corrected chi connectivity index (χ3v) is 10.0. The number of nitrogens with zero attached hydrogens (tertiary/aromatic N) is 3. The predicted molar refractivity (Wildman–Crippen MR) is 148 cm³/mol. The molecular weight excluding hydrogens is 504 g/mol. The molecule has 0 bridgehead atoms. The Balaban J connectivity index is 1.40. The Bertz CT molecular complexity index is 1300. The lowest BCUT2D eigenvalue weighted by molar-refractivity contribution is -0.908. The SMILES string of the molecule is O=S(=O)(c1ccc(-c2csc(=Nc3ccccc3)n2CCC[NH+]2CCOCC2)cc1)N1CCCCCC1. The summed E-state index contributed by atoms with van der Waals surface area (Å²) in [7, 11) is -3.46. The standard InChI is InChI=1S/C28H36N4O3S2/c33-37(34,31-16-6-1-2-7-17-31)26-13-11-24(12-14-26)27-23-36-28(29-25-9-4-3-5-10-25)32(27)18-8-15-30-19-21-35-22-20-30/h3-5,9-14,23H,1-2,6-8,15-22H2/p+1. The smallest absolute Gasteiger partial charge is 0.243 e. The zero-order valence-corrected chi connectivity index (χ0v) is 23.0. The van der Waals surface area contributed by atoms with E-state index in [0.29, 0.717) is 18.0 Å². The first kappa shape index (κ1) is 26.3. The summed E-state index contributed by atoms with van der Waals surface area (Å²) < 4.78 is 36.0. The summed E-state index contributed by atoms with van der Waals surface area (Å²) in [5.41, 5.74) is 3.03. The molecule has 5 rings (SSSR count). The molecule has 2 saturated heterocycles. The van der Waals surface area contributed by atoms with Gasteiger partial charge < -0.3 is 14.2 Å². The Morgan fingerprint density at radius 3 is 2.32 bits per heavy atom. The summed E-state index contributed by atoms with van der Waals surface area (Å²) in [6.45, 7) is 7.01. The minimum Gasteiger partial charge on any atom is -0.370 e. The van der Waals surface area contributed by atoms with Crippen LogP contribution in [0, 0.1) is 0 Å². The molecule has 7 nitrogen and oxygen atoms in total. The van der Waals surface area contributed by atoms with E-state index < -0.39 is 10.0 Å². The minimum atomic E-state index is -3.46. The van der Waals surface area contributed by atoms with Crippen LogP contribution in [0.4, 0.5) is 5.69 Å². The van der Waals surface area contributed by atoms with E-state index in [1.54, 1.807) is 32.7 Å². The Labute approximate surface area is 224 Å². The highest BCUT2D eigenvalue weighted by molar-refractivity contribution is 7.89. The van der Waals surface area contributed by atoms with Crippen molar-refractivity contribution in [3.8, 4) is 11.3 Å². The fraction of sp³-hybridized carbons (Fsp3) is 0.464. The molecule has 0 amide bonds. The highest BCUT2D eigenvalue weighted by atomic mass is 32.2. The van der Waals surface area contributed by atoms with E-state index in [9.17, 15) is 8.42 Å². The number of ether oxygens (including phenoxy) is 1. The third kappa shape index (κ3) is 6.59. The predicted octanol–water partition coefficient (Wildman–Crippen LogP) is 3.32. The Morgan fingerprint density at radius 1 is 0.919 bits per heavy atom. The van der Waals surface area contributed by atoms with E-state index in [1.165, 1.54) is 0 Å². The van der Waals surface area contributed by atoms with Crippen LogP contribution in [0.2, 0.25) is 0 Å². The molecule has 37 heavy (non-hydrogen) atoms. The summed E-state index contributed by atoms with van der Waals surface area (Å²) in [6.07, 6.45) is 5.12. The number of hydrogen-bond acceptors (Lipinski definition) is 5. The van der Waals surface area contributed by atoms with Gasteiger partial charge in [-0.3, -0.25) is 0 Å². The largest absolute Gasteiger partial charge is 0.370 e. The molecule has 0 saturated carbocycles. The molecule has 2 aliphatic heterocycles. The van der Waals surface area contributed by atoms with Crippen molar-refractivity contribution in [3.05, 3.63) is 64.8 Å². The fourth-order valence-corrected chi connectivity index (χ4v) is 7.58. The minimum absolute atomic E-state index is 0.380. The van der Waals surface area contributed by atoms with Gasteiger partial charge in [0, 0.05) is 31.4 Å². The number of nitrogens with one attached hydrogen (secondary N) is 1. The van der Waals surface area contributed by atoms with Gasteiger partial charge in [-0.05, 0) is 42.7 Å². The van der Waals surface area contributed by atoms with Gasteiger partial charge in [0.2, 0.25) is 10.0 Å². The van der Waals surface area contributed by atoms with Crippen LogP contribution in [0.3, 0.4) is 0 Å². The molecule has 9 heteroatoms. The number of quaternary nitrogens is 1. The van der Waals surface area contributed by atoms with Crippen LogP contribution < -0.4 is 9.70 Å². The van der Waals surface area contributed by atoms with E-state index in [1.807, 2.05) is 42.5 Å². The molecule has 2 fully saturated rings. The summed E-state index contributed by atoms with van der Waals surface area (Å²) in [5, 5.41) is 2.14. The zero-order valence-electron chi connectivity index (χ0n) is 21.3. The molecule has 0 atom stereocenters. The first-order valence-corrected chi connectivity index (χ1v) is 15.7. The van der Waals surface area contributed by atoms with Crippen LogP contribution in [-0.2, 0) is 21.3 Å². The molecule has 3 aromatic rings. The molecule has 198 valence electrons. The molecule has 0 unspecified atom stereocenters. The van der Waals surface area contributed by atoms with Gasteiger partial charge in [-0.25, -0.2) is 13.4 Å². The maximum atomic E-state index is 13.3. The van der Waals surface area contributed by atoms with Crippen LogP contribution in [0.5, 0.6) is 0 Å². The van der Waals surface area contributed by atoms with E-state index in [4.69, 9.17) is 9.73 Å². The van der Waals surface area contributed by atoms with Crippen molar-refractivity contribution < 1.29 is 18.1 Å². The van der Waals surface area contributed by atoms with Crippen LogP contribution >= 0.6 is 11.3 Å². The average molecular weight is 542 g/mol. The molecule has 2 aromatic carbocycles. The van der Waals surface area contributed by atoms with Gasteiger partial charge in [0.15, 0.2) is 4.80 Å². The fourth-order valence-electron chi connectivity index (χ4n) is 5.10. The van der Waals surface area contributed by atoms with Gasteiger partial charge in [0.25, 0.3) is 0 Å². The van der Waals surface area contributed by atoms with Crippen molar-refractivity contribution in [1.82, 2.24) is 8.87 Å². The summed E-state index contributed by atoms with van der Waals surface area (Å²) >= 11 is 1.63. The monoisotopic (exact) mass is 541 g/mol. The van der Waals surface area contributed by atoms with Gasteiger partial charge >= 0.3 is 0 Å². The van der Waals surface area contributed by atoms with Crippen LogP contribution in [0.25, 0.3) is 11.3 Å². The summed E-state index contributed by atoms with van der Waals surface area (Å²) in [6, 6.07) is 17.5. The number of morpholine rings is 1. The van der Waals surface area contributed by atoms with Gasteiger partial charge in [0.05, 0.1) is 36.0 Å². The van der Waals surface area contributed by atoms with Crippen molar-refractivity contribution in [2.75, 3.05) is 45.9 Å². The molecule has 1 N–H and O–H groups in total. The van der Waals surface area contributed by atoms with E-state index in [2.05, 4.69) is 9.95 Å².